The highest BCUT2D eigenvalue weighted by atomic mass is 15.3. The molecule has 2 aliphatic carbocycles. The minimum atomic E-state index is 0.303. The fourth-order valence-electron chi connectivity index (χ4n) is 3.88. The molecule has 19 heavy (non-hydrogen) atoms. The van der Waals surface area contributed by atoms with E-state index in [1.54, 1.807) is 0 Å². The third-order valence-electron chi connectivity index (χ3n) is 4.93. The second-order valence-electron chi connectivity index (χ2n) is 6.33. The van der Waals surface area contributed by atoms with Crippen molar-refractivity contribution in [1.29, 1.82) is 0 Å². The van der Waals surface area contributed by atoms with E-state index in [0.29, 0.717) is 12.1 Å². The zero-order valence-electron chi connectivity index (χ0n) is 11.1. The number of nitrogens with zero attached hydrogens (tertiary/aromatic N) is 3. The van der Waals surface area contributed by atoms with Gasteiger partial charge in [0.25, 0.3) is 0 Å². The Balaban J connectivity index is 1.45. The highest BCUT2D eigenvalue weighted by Crippen LogP contribution is 2.45. The average molecular weight is 259 g/mol. The molecule has 2 bridgehead atoms. The van der Waals surface area contributed by atoms with Gasteiger partial charge in [0.2, 0.25) is 5.95 Å². The smallest absolute Gasteiger partial charge is 0.224 e. The van der Waals surface area contributed by atoms with Crippen molar-refractivity contribution in [3.05, 3.63) is 12.3 Å². The van der Waals surface area contributed by atoms with Crippen molar-refractivity contribution in [2.24, 2.45) is 17.6 Å². The summed E-state index contributed by atoms with van der Waals surface area (Å²) in [5.74, 6) is 3.58. The fourth-order valence-corrected chi connectivity index (χ4v) is 3.88. The Morgan fingerprint density at radius 3 is 2.84 bits per heavy atom. The summed E-state index contributed by atoms with van der Waals surface area (Å²) in [6.45, 7) is 1.81. The molecule has 3 atom stereocenters. The lowest BCUT2D eigenvalue weighted by Crippen LogP contribution is -2.56. The fraction of sp³-hybridized carbons (Fsp3) is 0.714. The third kappa shape index (κ3) is 2.06. The van der Waals surface area contributed by atoms with Gasteiger partial charge in [-0.1, -0.05) is 6.42 Å². The molecule has 5 nitrogen and oxygen atoms in total. The molecule has 1 aromatic rings. The second-order valence-corrected chi connectivity index (χ2v) is 6.33. The Morgan fingerprint density at radius 2 is 2.16 bits per heavy atom. The van der Waals surface area contributed by atoms with Crippen LogP contribution in [0.3, 0.4) is 0 Å². The van der Waals surface area contributed by atoms with E-state index in [1.165, 1.54) is 25.7 Å². The van der Waals surface area contributed by atoms with Crippen molar-refractivity contribution in [2.75, 3.05) is 23.3 Å². The number of aromatic nitrogens is 2. The third-order valence-corrected chi connectivity index (χ3v) is 4.93. The quantitative estimate of drug-likeness (QED) is 0.854. The molecule has 0 spiro atoms. The first-order valence-corrected chi connectivity index (χ1v) is 7.38. The average Bonchev–Trinajstić information content (AvgIpc) is 2.97. The molecule has 3 aliphatic rings. The van der Waals surface area contributed by atoms with Crippen molar-refractivity contribution >= 4 is 11.8 Å². The first-order valence-electron chi connectivity index (χ1n) is 7.38. The number of fused-ring (bicyclic) bond motifs is 2. The molecular weight excluding hydrogens is 238 g/mol. The van der Waals surface area contributed by atoms with Gasteiger partial charge < -0.3 is 16.0 Å². The summed E-state index contributed by atoms with van der Waals surface area (Å²) in [6.07, 6.45) is 7.35. The second kappa shape index (κ2) is 4.34. The van der Waals surface area contributed by atoms with Crippen LogP contribution in [0, 0.1) is 11.8 Å². The predicted octanol–water partition coefficient (Wildman–Crippen LogP) is 1.22. The van der Waals surface area contributed by atoms with Crippen LogP contribution in [0.5, 0.6) is 0 Å². The van der Waals surface area contributed by atoms with Crippen LogP contribution >= 0.6 is 0 Å². The van der Waals surface area contributed by atoms with Crippen molar-refractivity contribution in [1.82, 2.24) is 9.97 Å². The molecule has 3 N–H and O–H groups in total. The molecule has 5 heteroatoms. The van der Waals surface area contributed by atoms with Crippen molar-refractivity contribution < 1.29 is 0 Å². The summed E-state index contributed by atoms with van der Waals surface area (Å²) in [4.78, 5) is 11.2. The van der Waals surface area contributed by atoms with Gasteiger partial charge in [-0.25, -0.2) is 4.98 Å². The maximum absolute atomic E-state index is 5.82. The van der Waals surface area contributed by atoms with E-state index in [1.807, 2.05) is 12.3 Å². The summed E-state index contributed by atoms with van der Waals surface area (Å²) in [6, 6.07) is 2.86. The maximum Gasteiger partial charge on any atom is 0.224 e. The summed E-state index contributed by atoms with van der Waals surface area (Å²) >= 11 is 0. The van der Waals surface area contributed by atoms with Crippen LogP contribution in [0.25, 0.3) is 0 Å². The Kier molecular flexibility index (Phi) is 2.62. The van der Waals surface area contributed by atoms with E-state index in [4.69, 9.17) is 5.73 Å². The first-order chi connectivity index (χ1) is 9.28. The van der Waals surface area contributed by atoms with Gasteiger partial charge in [-0.2, -0.15) is 4.98 Å². The van der Waals surface area contributed by atoms with E-state index in [-0.39, 0.29) is 0 Å². The molecule has 2 heterocycles. The molecule has 102 valence electrons. The molecule has 1 saturated heterocycles. The molecule has 3 fully saturated rings. The van der Waals surface area contributed by atoms with Gasteiger partial charge in [-0.05, 0) is 37.2 Å². The lowest BCUT2D eigenvalue weighted by Gasteiger charge is -2.37. The normalized spacial score (nSPS) is 33.5. The highest BCUT2D eigenvalue weighted by molar-refractivity contribution is 5.45. The van der Waals surface area contributed by atoms with Crippen molar-refractivity contribution in [2.45, 2.75) is 37.8 Å². The van der Waals surface area contributed by atoms with Gasteiger partial charge in [0.15, 0.2) is 0 Å². The summed E-state index contributed by atoms with van der Waals surface area (Å²) < 4.78 is 0. The van der Waals surface area contributed by atoms with E-state index in [2.05, 4.69) is 20.2 Å². The van der Waals surface area contributed by atoms with Crippen LogP contribution in [-0.2, 0) is 0 Å². The van der Waals surface area contributed by atoms with Crippen LogP contribution in [0.2, 0.25) is 0 Å². The van der Waals surface area contributed by atoms with E-state index < -0.39 is 0 Å². The number of anilines is 2. The minimum absolute atomic E-state index is 0.303. The molecule has 0 aromatic carbocycles. The number of hydrogen-bond acceptors (Lipinski definition) is 5. The zero-order valence-corrected chi connectivity index (χ0v) is 11.1. The number of rotatable bonds is 3. The molecular formula is C14H21N5. The topological polar surface area (TPSA) is 67.1 Å². The number of nitrogens with two attached hydrogens (primary N) is 1. The van der Waals surface area contributed by atoms with Gasteiger partial charge in [-0.3, -0.25) is 0 Å². The molecule has 1 aromatic heterocycles. The maximum atomic E-state index is 5.82. The van der Waals surface area contributed by atoms with Crippen LogP contribution in [0.1, 0.15) is 25.7 Å². The van der Waals surface area contributed by atoms with Gasteiger partial charge in [0.05, 0.1) is 0 Å². The summed E-state index contributed by atoms with van der Waals surface area (Å²) in [5, 5.41) is 3.55. The van der Waals surface area contributed by atoms with Gasteiger partial charge in [0.1, 0.15) is 5.82 Å². The standard InChI is InChI=1S/C14H21N5/c15-11-7-19(8-11)13-3-4-16-14(18-13)17-12-6-9-1-2-10(12)5-9/h3-4,9-12H,1-2,5-8,15H2,(H,16,17,18). The predicted molar refractivity (Wildman–Crippen MR) is 75.1 cm³/mol. The van der Waals surface area contributed by atoms with E-state index >= 15 is 0 Å². The van der Waals surface area contributed by atoms with Crippen LogP contribution in [-0.4, -0.2) is 35.1 Å². The van der Waals surface area contributed by atoms with E-state index in [9.17, 15) is 0 Å². The molecule has 1 aliphatic heterocycles. The highest BCUT2D eigenvalue weighted by Gasteiger charge is 2.39. The molecule has 2 saturated carbocycles. The largest absolute Gasteiger partial charge is 0.353 e. The summed E-state index contributed by atoms with van der Waals surface area (Å²) in [5.41, 5.74) is 5.82. The van der Waals surface area contributed by atoms with Crippen molar-refractivity contribution in [3.63, 3.8) is 0 Å². The molecule has 0 amide bonds. The Bertz CT molecular complexity index is 471. The summed E-state index contributed by atoms with van der Waals surface area (Å²) in [7, 11) is 0. The first kappa shape index (κ1) is 11.5. The Hall–Kier alpha value is -1.36. The number of hydrogen-bond donors (Lipinski definition) is 2. The van der Waals surface area contributed by atoms with Gasteiger partial charge in [0, 0.05) is 31.4 Å². The Labute approximate surface area is 113 Å². The number of nitrogens with one attached hydrogen (secondary N) is 1. The van der Waals surface area contributed by atoms with Crippen LogP contribution in [0.15, 0.2) is 12.3 Å². The Morgan fingerprint density at radius 1 is 1.26 bits per heavy atom. The van der Waals surface area contributed by atoms with Crippen LogP contribution < -0.4 is 16.0 Å². The van der Waals surface area contributed by atoms with Crippen LogP contribution in [0.4, 0.5) is 11.8 Å². The minimum Gasteiger partial charge on any atom is -0.353 e. The van der Waals surface area contributed by atoms with Crippen molar-refractivity contribution in [3.8, 4) is 0 Å². The van der Waals surface area contributed by atoms with E-state index in [0.717, 1.165) is 36.7 Å². The SMILES string of the molecule is NC1CN(c2ccnc(NC3CC4CCC3C4)n2)C1. The molecule has 0 radical (unpaired) electrons. The zero-order chi connectivity index (χ0) is 12.8. The van der Waals surface area contributed by atoms with Gasteiger partial charge >= 0.3 is 0 Å². The lowest BCUT2D eigenvalue weighted by molar-refractivity contribution is 0.438. The monoisotopic (exact) mass is 259 g/mol. The molecule has 4 rings (SSSR count). The molecule has 3 unspecified atom stereocenters. The van der Waals surface area contributed by atoms with Gasteiger partial charge in [-0.15, -0.1) is 0 Å². The lowest BCUT2D eigenvalue weighted by atomic mass is 9.95.